The third kappa shape index (κ3) is 5.81. The molecular weight excluding hydrogens is 472 g/mol. The molecular formula is C26H29F2N3O5. The van der Waals surface area contributed by atoms with Crippen molar-refractivity contribution in [3.8, 4) is 5.75 Å². The average molecular weight is 502 g/mol. The molecule has 3 atom stereocenters. The van der Waals surface area contributed by atoms with Crippen LogP contribution >= 0.6 is 0 Å². The molecule has 0 radical (unpaired) electrons. The van der Waals surface area contributed by atoms with Crippen molar-refractivity contribution in [1.29, 1.82) is 0 Å². The zero-order valence-electron chi connectivity index (χ0n) is 20.2. The standard InChI is InChI=1S/C26H29F2N3O5/c1-3-8-29-24(32)13-19-5-6-21-23(36-19)14-35-22-7-4-18(12-20(22)26(34)31(21)2)30-25(33)15-9-16(27)11-17(28)10-15/h4,7,9-12,19,21,23H,3,5-6,8,13-14H2,1-2H3,(H,29,32)(H,30,33)/t19-,21-,23+/m0/s1. The summed E-state index contributed by atoms with van der Waals surface area (Å²) < 4.78 is 39.1. The first-order chi connectivity index (χ1) is 17.2. The largest absolute Gasteiger partial charge is 0.490 e. The van der Waals surface area contributed by atoms with Gasteiger partial charge in [-0.05, 0) is 49.6 Å². The Kier molecular flexibility index (Phi) is 7.83. The second kappa shape index (κ2) is 11.0. The molecule has 8 nitrogen and oxygen atoms in total. The molecule has 2 aliphatic rings. The van der Waals surface area contributed by atoms with Crippen molar-refractivity contribution in [2.75, 3.05) is 25.5 Å². The number of anilines is 1. The van der Waals surface area contributed by atoms with E-state index in [-0.39, 0.29) is 53.8 Å². The van der Waals surface area contributed by atoms with E-state index in [0.29, 0.717) is 31.2 Å². The van der Waals surface area contributed by atoms with Crippen molar-refractivity contribution in [3.63, 3.8) is 0 Å². The highest BCUT2D eigenvalue weighted by atomic mass is 19.1. The van der Waals surface area contributed by atoms with Crippen molar-refractivity contribution < 1.29 is 32.6 Å². The van der Waals surface area contributed by atoms with E-state index in [9.17, 15) is 23.2 Å². The van der Waals surface area contributed by atoms with Gasteiger partial charge >= 0.3 is 0 Å². The molecule has 36 heavy (non-hydrogen) atoms. The minimum atomic E-state index is -0.864. The maximum Gasteiger partial charge on any atom is 0.257 e. The first kappa shape index (κ1) is 25.6. The molecule has 2 aromatic carbocycles. The summed E-state index contributed by atoms with van der Waals surface area (Å²) in [5.74, 6) is -2.48. The van der Waals surface area contributed by atoms with E-state index >= 15 is 0 Å². The minimum absolute atomic E-state index is 0.0580. The van der Waals surface area contributed by atoms with Crippen LogP contribution in [0.5, 0.6) is 5.75 Å². The second-order valence-electron chi connectivity index (χ2n) is 9.05. The van der Waals surface area contributed by atoms with Gasteiger partial charge in [-0.1, -0.05) is 6.92 Å². The van der Waals surface area contributed by atoms with Crippen LogP contribution in [0.25, 0.3) is 0 Å². The number of halogens is 2. The van der Waals surface area contributed by atoms with Crippen molar-refractivity contribution in [2.45, 2.75) is 50.9 Å². The Balaban J connectivity index is 1.47. The lowest BCUT2D eigenvalue weighted by Gasteiger charge is -2.42. The van der Waals surface area contributed by atoms with Crippen LogP contribution in [0.4, 0.5) is 14.5 Å². The molecule has 0 spiro atoms. The van der Waals surface area contributed by atoms with Gasteiger partial charge in [0.25, 0.3) is 11.8 Å². The quantitative estimate of drug-likeness (QED) is 0.632. The monoisotopic (exact) mass is 501 g/mol. The van der Waals surface area contributed by atoms with E-state index in [1.54, 1.807) is 24.1 Å². The van der Waals surface area contributed by atoms with Gasteiger partial charge < -0.3 is 25.0 Å². The molecule has 0 bridgehead atoms. The van der Waals surface area contributed by atoms with Crippen molar-refractivity contribution in [1.82, 2.24) is 10.2 Å². The van der Waals surface area contributed by atoms with Crippen molar-refractivity contribution >= 4 is 23.4 Å². The fourth-order valence-corrected chi connectivity index (χ4v) is 4.54. The highest BCUT2D eigenvalue weighted by Gasteiger charge is 2.39. The second-order valence-corrected chi connectivity index (χ2v) is 9.05. The van der Waals surface area contributed by atoms with Crippen molar-refractivity contribution in [3.05, 3.63) is 59.2 Å². The number of hydrogen-bond acceptors (Lipinski definition) is 5. The van der Waals surface area contributed by atoms with E-state index < -0.39 is 23.6 Å². The molecule has 0 unspecified atom stereocenters. The first-order valence-corrected chi connectivity index (χ1v) is 12.0. The maximum absolute atomic E-state index is 13.5. The number of nitrogens with zero attached hydrogens (tertiary/aromatic N) is 1. The molecule has 10 heteroatoms. The first-order valence-electron chi connectivity index (χ1n) is 12.0. The molecule has 1 saturated heterocycles. The van der Waals surface area contributed by atoms with E-state index in [1.807, 2.05) is 6.92 Å². The fraction of sp³-hybridized carbons (Fsp3) is 0.423. The SMILES string of the molecule is CCCNC(=O)C[C@@H]1CC[C@H]2[C@@H](COc3ccc(NC(=O)c4cc(F)cc(F)c4)cc3C(=O)N2C)O1. The van der Waals surface area contributed by atoms with E-state index in [0.717, 1.165) is 18.6 Å². The minimum Gasteiger partial charge on any atom is -0.490 e. The van der Waals surface area contributed by atoms with Gasteiger partial charge in [-0.2, -0.15) is 0 Å². The third-order valence-corrected chi connectivity index (χ3v) is 6.38. The predicted molar refractivity (Wildman–Crippen MR) is 128 cm³/mol. The molecule has 0 saturated carbocycles. The zero-order chi connectivity index (χ0) is 25.8. The third-order valence-electron chi connectivity index (χ3n) is 6.38. The van der Waals surface area contributed by atoms with Gasteiger partial charge in [0, 0.05) is 30.9 Å². The number of carbonyl (C=O) groups is 3. The summed E-state index contributed by atoms with van der Waals surface area (Å²) in [5, 5.41) is 5.42. The van der Waals surface area contributed by atoms with Crippen LogP contribution < -0.4 is 15.4 Å². The van der Waals surface area contributed by atoms with Crippen LogP contribution in [0.1, 0.15) is 53.3 Å². The molecule has 192 valence electrons. The molecule has 3 amide bonds. The van der Waals surface area contributed by atoms with Gasteiger partial charge in [0.05, 0.1) is 24.1 Å². The summed E-state index contributed by atoms with van der Waals surface area (Å²) >= 11 is 0. The van der Waals surface area contributed by atoms with Gasteiger partial charge in [0.15, 0.2) is 0 Å². The smallest absolute Gasteiger partial charge is 0.257 e. The average Bonchev–Trinajstić information content (AvgIpc) is 2.84. The summed E-state index contributed by atoms with van der Waals surface area (Å²) in [5.41, 5.74) is 0.350. The summed E-state index contributed by atoms with van der Waals surface area (Å²) in [4.78, 5) is 39.5. The molecule has 2 aromatic rings. The van der Waals surface area contributed by atoms with Crippen LogP contribution in [0.2, 0.25) is 0 Å². The zero-order valence-corrected chi connectivity index (χ0v) is 20.2. The Labute approximate surface area is 207 Å². The fourth-order valence-electron chi connectivity index (χ4n) is 4.54. The maximum atomic E-state index is 13.5. The number of carbonyl (C=O) groups excluding carboxylic acids is 3. The molecule has 2 aliphatic heterocycles. The number of hydrogen-bond donors (Lipinski definition) is 2. The normalized spacial score (nSPS) is 21.4. The number of likely N-dealkylation sites (N-methyl/N-ethyl adjacent to an activating group) is 1. The van der Waals surface area contributed by atoms with Gasteiger partial charge in [0.1, 0.15) is 30.1 Å². The Morgan fingerprint density at radius 2 is 1.86 bits per heavy atom. The Hall–Kier alpha value is -3.53. The van der Waals surface area contributed by atoms with E-state index in [1.165, 1.54) is 6.07 Å². The van der Waals surface area contributed by atoms with Crippen LogP contribution in [0.3, 0.4) is 0 Å². The van der Waals surface area contributed by atoms with E-state index in [4.69, 9.17) is 9.47 Å². The highest BCUT2D eigenvalue weighted by Crippen LogP contribution is 2.32. The van der Waals surface area contributed by atoms with Crippen molar-refractivity contribution in [2.24, 2.45) is 0 Å². The Bertz CT molecular complexity index is 1140. The Morgan fingerprint density at radius 1 is 1.11 bits per heavy atom. The summed E-state index contributed by atoms with van der Waals surface area (Å²) in [6.07, 6.45) is 1.75. The lowest BCUT2D eigenvalue weighted by Crippen LogP contribution is -2.54. The van der Waals surface area contributed by atoms with Gasteiger partial charge in [-0.15, -0.1) is 0 Å². The number of amides is 3. The number of benzene rings is 2. The van der Waals surface area contributed by atoms with E-state index in [2.05, 4.69) is 10.6 Å². The van der Waals surface area contributed by atoms with Gasteiger partial charge in [-0.25, -0.2) is 8.78 Å². The molecule has 0 aromatic heterocycles. The lowest BCUT2D eigenvalue weighted by molar-refractivity contribution is -0.134. The topological polar surface area (TPSA) is 97.0 Å². The van der Waals surface area contributed by atoms with Crippen LogP contribution in [0, 0.1) is 11.6 Å². The van der Waals surface area contributed by atoms with Crippen LogP contribution in [0.15, 0.2) is 36.4 Å². The molecule has 1 fully saturated rings. The predicted octanol–water partition coefficient (Wildman–Crippen LogP) is 3.51. The molecule has 2 N–H and O–H groups in total. The number of fused-ring (bicyclic) bond motifs is 2. The molecule has 2 heterocycles. The van der Waals surface area contributed by atoms with Gasteiger partial charge in [-0.3, -0.25) is 14.4 Å². The number of ether oxygens (including phenoxy) is 2. The molecule has 4 rings (SSSR count). The Morgan fingerprint density at radius 3 is 2.58 bits per heavy atom. The number of nitrogens with one attached hydrogen (secondary N) is 2. The molecule has 0 aliphatic carbocycles. The lowest BCUT2D eigenvalue weighted by atomic mass is 9.94. The number of rotatable bonds is 6. The summed E-state index contributed by atoms with van der Waals surface area (Å²) in [6.45, 7) is 2.80. The van der Waals surface area contributed by atoms with Gasteiger partial charge in [0.2, 0.25) is 5.91 Å². The highest BCUT2D eigenvalue weighted by molar-refractivity contribution is 6.05. The van der Waals surface area contributed by atoms with Crippen LogP contribution in [-0.2, 0) is 9.53 Å². The summed E-state index contributed by atoms with van der Waals surface area (Å²) in [6, 6.07) is 6.87. The van der Waals surface area contributed by atoms with Crippen LogP contribution in [-0.4, -0.2) is 61.1 Å². The summed E-state index contributed by atoms with van der Waals surface area (Å²) in [7, 11) is 1.69.